The van der Waals surface area contributed by atoms with Crippen molar-refractivity contribution in [3.8, 4) is 0 Å². The zero-order chi connectivity index (χ0) is 18.1. The molecule has 0 radical (unpaired) electrons. The molecule has 136 valence electrons. The van der Waals surface area contributed by atoms with E-state index in [1.165, 1.54) is 0 Å². The maximum atomic E-state index is 12.6. The molecule has 0 aromatic heterocycles. The smallest absolute Gasteiger partial charge is 0.240 e. The Balaban J connectivity index is 1.45. The minimum absolute atomic E-state index is 0.170. The van der Waals surface area contributed by atoms with Crippen molar-refractivity contribution in [2.75, 3.05) is 18.0 Å². The fourth-order valence-electron chi connectivity index (χ4n) is 3.38. The Kier molecular flexibility index (Phi) is 4.54. The van der Waals surface area contributed by atoms with Crippen LogP contribution in [0.3, 0.4) is 0 Å². The zero-order valence-corrected chi connectivity index (χ0v) is 15.3. The van der Waals surface area contributed by atoms with Crippen LogP contribution in [0.1, 0.15) is 24.0 Å². The molecular weight excluding hydrogens is 348 g/mol. The summed E-state index contributed by atoms with van der Waals surface area (Å²) in [6.45, 7) is 1.01. The second-order valence-electron chi connectivity index (χ2n) is 6.94. The molecule has 2 aromatic rings. The van der Waals surface area contributed by atoms with Crippen LogP contribution in [0, 0.1) is 5.92 Å². The van der Waals surface area contributed by atoms with Crippen molar-refractivity contribution in [2.45, 2.75) is 30.6 Å². The summed E-state index contributed by atoms with van der Waals surface area (Å²) in [5, 5.41) is 0. The lowest BCUT2D eigenvalue weighted by atomic mass is 10.2. The quantitative estimate of drug-likeness (QED) is 0.850. The Morgan fingerprint density at radius 1 is 1.12 bits per heavy atom. The van der Waals surface area contributed by atoms with Crippen LogP contribution in [-0.2, 0) is 27.7 Å². The number of fused-ring (bicyclic) bond motifs is 1. The number of sulfonamides is 1. The second kappa shape index (κ2) is 6.85. The molecule has 1 saturated carbocycles. The van der Waals surface area contributed by atoms with E-state index in [0.29, 0.717) is 25.9 Å². The van der Waals surface area contributed by atoms with Gasteiger partial charge in [0.25, 0.3) is 0 Å². The van der Waals surface area contributed by atoms with E-state index in [9.17, 15) is 13.2 Å². The fourth-order valence-corrected chi connectivity index (χ4v) is 4.46. The van der Waals surface area contributed by atoms with Gasteiger partial charge in [0.15, 0.2) is 0 Å². The molecule has 26 heavy (non-hydrogen) atoms. The van der Waals surface area contributed by atoms with Gasteiger partial charge in [0.05, 0.1) is 4.90 Å². The second-order valence-corrected chi connectivity index (χ2v) is 8.70. The standard InChI is InChI=1S/C20H22N2O3S/c23-20(16-6-7-16)22-13-11-17-14-18(8-9-19(17)22)26(24,25)21-12-10-15-4-2-1-3-5-15/h1-5,8-9,14,16,21H,6-7,10-13H2. The van der Waals surface area contributed by atoms with Gasteiger partial charge in [-0.15, -0.1) is 0 Å². The Labute approximate surface area is 154 Å². The normalized spacial score (nSPS) is 16.5. The fraction of sp³-hybridized carbons (Fsp3) is 0.350. The number of carbonyl (C=O) groups excluding carboxylic acids is 1. The number of nitrogens with one attached hydrogen (secondary N) is 1. The van der Waals surface area contributed by atoms with Gasteiger partial charge in [-0.1, -0.05) is 30.3 Å². The lowest BCUT2D eigenvalue weighted by molar-refractivity contribution is -0.119. The van der Waals surface area contributed by atoms with E-state index in [-0.39, 0.29) is 16.7 Å². The molecule has 2 aliphatic rings. The number of rotatable bonds is 6. The third-order valence-corrected chi connectivity index (χ3v) is 6.46. The van der Waals surface area contributed by atoms with E-state index in [0.717, 1.165) is 29.7 Å². The molecular formula is C20H22N2O3S. The molecule has 1 N–H and O–H groups in total. The molecule has 0 bridgehead atoms. The number of benzene rings is 2. The molecule has 6 heteroatoms. The number of anilines is 1. The Morgan fingerprint density at radius 3 is 2.62 bits per heavy atom. The highest BCUT2D eigenvalue weighted by Gasteiger charge is 2.36. The molecule has 0 atom stereocenters. The average molecular weight is 370 g/mol. The highest BCUT2D eigenvalue weighted by Crippen LogP contribution is 2.37. The Hall–Kier alpha value is -2.18. The van der Waals surface area contributed by atoms with E-state index in [2.05, 4.69) is 4.72 Å². The predicted octanol–water partition coefficient (Wildman–Crippen LogP) is 2.51. The van der Waals surface area contributed by atoms with E-state index < -0.39 is 10.0 Å². The molecule has 0 unspecified atom stereocenters. The highest BCUT2D eigenvalue weighted by atomic mass is 32.2. The van der Waals surface area contributed by atoms with Crippen LogP contribution in [0.15, 0.2) is 53.4 Å². The summed E-state index contributed by atoms with van der Waals surface area (Å²) in [6, 6.07) is 14.9. The summed E-state index contributed by atoms with van der Waals surface area (Å²) in [4.78, 5) is 14.4. The SMILES string of the molecule is O=C(C1CC1)N1CCc2cc(S(=O)(=O)NCCc3ccccc3)ccc21. The van der Waals surface area contributed by atoms with Crippen molar-refractivity contribution in [2.24, 2.45) is 5.92 Å². The van der Waals surface area contributed by atoms with Gasteiger partial charge in [-0.25, -0.2) is 13.1 Å². The van der Waals surface area contributed by atoms with Crippen LogP contribution in [0.5, 0.6) is 0 Å². The summed E-state index contributed by atoms with van der Waals surface area (Å²) in [7, 11) is -3.55. The van der Waals surface area contributed by atoms with Gasteiger partial charge in [-0.3, -0.25) is 4.79 Å². The average Bonchev–Trinajstić information content (AvgIpc) is 3.41. The van der Waals surface area contributed by atoms with Crippen LogP contribution >= 0.6 is 0 Å². The minimum atomic E-state index is -3.55. The number of carbonyl (C=O) groups is 1. The van der Waals surface area contributed by atoms with Crippen molar-refractivity contribution in [1.29, 1.82) is 0 Å². The summed E-state index contributed by atoms with van der Waals surface area (Å²) < 4.78 is 27.8. The highest BCUT2D eigenvalue weighted by molar-refractivity contribution is 7.89. The predicted molar refractivity (Wildman–Crippen MR) is 101 cm³/mol. The van der Waals surface area contributed by atoms with Crippen LogP contribution in [0.4, 0.5) is 5.69 Å². The van der Waals surface area contributed by atoms with E-state index in [1.54, 1.807) is 18.2 Å². The molecule has 1 heterocycles. The first kappa shape index (κ1) is 17.2. The van der Waals surface area contributed by atoms with E-state index >= 15 is 0 Å². The van der Waals surface area contributed by atoms with Gasteiger partial charge in [0.2, 0.25) is 15.9 Å². The molecule has 1 aliphatic carbocycles. The number of nitrogens with zero attached hydrogens (tertiary/aromatic N) is 1. The maximum absolute atomic E-state index is 12.6. The van der Waals surface area contributed by atoms with Crippen LogP contribution in [0.25, 0.3) is 0 Å². The topological polar surface area (TPSA) is 66.5 Å². The molecule has 0 saturated heterocycles. The number of hydrogen-bond donors (Lipinski definition) is 1. The van der Waals surface area contributed by atoms with Crippen molar-refractivity contribution in [3.05, 3.63) is 59.7 Å². The van der Waals surface area contributed by atoms with Crippen LogP contribution in [-0.4, -0.2) is 27.4 Å². The largest absolute Gasteiger partial charge is 0.312 e. The van der Waals surface area contributed by atoms with Gasteiger partial charge in [0, 0.05) is 24.7 Å². The summed E-state index contributed by atoms with van der Waals surface area (Å²) in [5.41, 5.74) is 2.90. The number of hydrogen-bond acceptors (Lipinski definition) is 3. The first-order chi connectivity index (χ1) is 12.5. The molecule has 0 spiro atoms. The van der Waals surface area contributed by atoms with Crippen molar-refractivity contribution in [3.63, 3.8) is 0 Å². The van der Waals surface area contributed by atoms with Gasteiger partial charge >= 0.3 is 0 Å². The first-order valence-electron chi connectivity index (χ1n) is 9.02. The van der Waals surface area contributed by atoms with Crippen LogP contribution < -0.4 is 9.62 Å². The molecule has 2 aromatic carbocycles. The van der Waals surface area contributed by atoms with Crippen molar-refractivity contribution >= 4 is 21.6 Å². The summed E-state index contributed by atoms with van der Waals surface area (Å²) in [6.07, 6.45) is 3.31. The number of amides is 1. The van der Waals surface area contributed by atoms with Gasteiger partial charge in [0.1, 0.15) is 0 Å². The van der Waals surface area contributed by atoms with Gasteiger partial charge in [-0.05, 0) is 55.0 Å². The third-order valence-electron chi connectivity index (χ3n) is 5.00. The van der Waals surface area contributed by atoms with Crippen molar-refractivity contribution in [1.82, 2.24) is 4.72 Å². The minimum Gasteiger partial charge on any atom is -0.312 e. The molecule has 1 fully saturated rings. The lowest BCUT2D eigenvalue weighted by Gasteiger charge is -2.17. The molecule has 5 nitrogen and oxygen atoms in total. The Morgan fingerprint density at radius 2 is 1.88 bits per heavy atom. The Bertz CT molecular complexity index is 921. The maximum Gasteiger partial charge on any atom is 0.240 e. The van der Waals surface area contributed by atoms with E-state index in [1.807, 2.05) is 35.2 Å². The summed E-state index contributed by atoms with van der Waals surface area (Å²) in [5.74, 6) is 0.351. The lowest BCUT2D eigenvalue weighted by Crippen LogP contribution is -2.30. The van der Waals surface area contributed by atoms with Crippen molar-refractivity contribution < 1.29 is 13.2 Å². The molecule has 4 rings (SSSR count). The monoisotopic (exact) mass is 370 g/mol. The summed E-state index contributed by atoms with van der Waals surface area (Å²) >= 11 is 0. The van der Waals surface area contributed by atoms with Gasteiger partial charge in [-0.2, -0.15) is 0 Å². The third kappa shape index (κ3) is 3.52. The first-order valence-corrected chi connectivity index (χ1v) is 10.5. The van der Waals surface area contributed by atoms with Gasteiger partial charge < -0.3 is 4.90 Å². The van der Waals surface area contributed by atoms with E-state index in [4.69, 9.17) is 0 Å². The molecule has 1 amide bonds. The van der Waals surface area contributed by atoms with Crippen LogP contribution in [0.2, 0.25) is 0 Å². The zero-order valence-electron chi connectivity index (χ0n) is 14.5. The molecule has 1 aliphatic heterocycles.